The summed E-state index contributed by atoms with van der Waals surface area (Å²) in [5, 5.41) is 5.53. The highest BCUT2D eigenvalue weighted by Crippen LogP contribution is 2.36. The first kappa shape index (κ1) is 18.6. The van der Waals surface area contributed by atoms with Gasteiger partial charge in [-0.2, -0.15) is 0 Å². The van der Waals surface area contributed by atoms with Crippen molar-refractivity contribution >= 4 is 33.0 Å². The van der Waals surface area contributed by atoms with Gasteiger partial charge in [0.05, 0.1) is 21.3 Å². The molecule has 1 aromatic heterocycles. The Bertz CT molecular complexity index is 1150. The van der Waals surface area contributed by atoms with Gasteiger partial charge >= 0.3 is 0 Å². The zero-order valence-corrected chi connectivity index (χ0v) is 17.1. The van der Waals surface area contributed by atoms with Crippen molar-refractivity contribution in [1.82, 2.24) is 10.3 Å². The van der Waals surface area contributed by atoms with Gasteiger partial charge in [-0.1, -0.05) is 6.07 Å². The first-order valence-corrected chi connectivity index (χ1v) is 11.1. The van der Waals surface area contributed by atoms with E-state index in [0.717, 1.165) is 21.8 Å². The molecule has 0 radical (unpaired) electrons. The molecule has 1 amide bonds. The van der Waals surface area contributed by atoms with Crippen LogP contribution in [0.2, 0.25) is 0 Å². The average Bonchev–Trinajstić information content (AvgIpc) is 3.33. The number of aryl methyl sites for hydroxylation is 1. The van der Waals surface area contributed by atoms with Gasteiger partial charge in [-0.15, -0.1) is 11.3 Å². The zero-order chi connectivity index (χ0) is 19.9. The third-order valence-corrected chi connectivity index (χ3v) is 7.38. The number of carbonyl (C=O) groups is 1. The quantitative estimate of drug-likeness (QED) is 0.712. The number of anilines is 1. The molecule has 1 aliphatic heterocycles. The molecule has 2 aromatic carbocycles. The molecule has 2 heterocycles. The Balaban J connectivity index is 1.65. The van der Waals surface area contributed by atoms with E-state index < -0.39 is 10.0 Å². The zero-order valence-electron chi connectivity index (χ0n) is 15.5. The second kappa shape index (κ2) is 7.03. The molecular formula is C20H19N3O3S2. The van der Waals surface area contributed by atoms with Crippen molar-refractivity contribution in [2.24, 2.45) is 0 Å². The van der Waals surface area contributed by atoms with Crippen LogP contribution in [0.15, 0.2) is 52.7 Å². The van der Waals surface area contributed by atoms with Gasteiger partial charge in [0.2, 0.25) is 0 Å². The summed E-state index contributed by atoms with van der Waals surface area (Å²) in [5.41, 5.74) is 4.03. The van der Waals surface area contributed by atoms with Crippen LogP contribution in [-0.4, -0.2) is 32.9 Å². The molecule has 0 atom stereocenters. The molecule has 1 N–H and O–H groups in total. The van der Waals surface area contributed by atoms with Crippen LogP contribution >= 0.6 is 11.3 Å². The number of nitrogens with zero attached hydrogens (tertiary/aromatic N) is 2. The number of rotatable bonds is 4. The van der Waals surface area contributed by atoms with E-state index in [1.165, 1.54) is 35.6 Å². The monoisotopic (exact) mass is 413 g/mol. The van der Waals surface area contributed by atoms with Gasteiger partial charge in [0.25, 0.3) is 15.9 Å². The molecule has 0 unspecified atom stereocenters. The van der Waals surface area contributed by atoms with Crippen LogP contribution in [0.25, 0.3) is 11.3 Å². The molecule has 0 saturated heterocycles. The SMILES string of the molecule is CNC(=O)c1ccc(S(=O)(=O)N2CCc3cc(-c4csc(C)n4)ccc32)cc1. The van der Waals surface area contributed by atoms with Gasteiger partial charge < -0.3 is 5.32 Å². The van der Waals surface area contributed by atoms with Crippen LogP contribution in [-0.2, 0) is 16.4 Å². The first-order chi connectivity index (χ1) is 13.4. The number of nitrogens with one attached hydrogen (secondary N) is 1. The Labute approximate surface area is 167 Å². The van der Waals surface area contributed by atoms with Gasteiger partial charge in [-0.25, -0.2) is 13.4 Å². The van der Waals surface area contributed by atoms with E-state index in [9.17, 15) is 13.2 Å². The lowest BCUT2D eigenvalue weighted by molar-refractivity contribution is 0.0963. The molecule has 0 spiro atoms. The number of benzene rings is 2. The summed E-state index contributed by atoms with van der Waals surface area (Å²) in [5.74, 6) is -0.250. The lowest BCUT2D eigenvalue weighted by Gasteiger charge is -2.20. The van der Waals surface area contributed by atoms with E-state index in [0.29, 0.717) is 24.2 Å². The Morgan fingerprint density at radius 2 is 1.93 bits per heavy atom. The van der Waals surface area contributed by atoms with E-state index in [1.54, 1.807) is 11.3 Å². The highest BCUT2D eigenvalue weighted by Gasteiger charge is 2.31. The minimum Gasteiger partial charge on any atom is -0.355 e. The summed E-state index contributed by atoms with van der Waals surface area (Å²) in [7, 11) is -2.15. The van der Waals surface area contributed by atoms with Crippen molar-refractivity contribution in [2.75, 3.05) is 17.9 Å². The van der Waals surface area contributed by atoms with Crippen LogP contribution in [0.5, 0.6) is 0 Å². The number of amides is 1. The van der Waals surface area contributed by atoms with Crippen molar-refractivity contribution in [3.63, 3.8) is 0 Å². The molecule has 0 aliphatic carbocycles. The fourth-order valence-electron chi connectivity index (χ4n) is 3.33. The smallest absolute Gasteiger partial charge is 0.264 e. The third kappa shape index (κ3) is 3.18. The fourth-order valence-corrected chi connectivity index (χ4v) is 5.45. The number of fused-ring (bicyclic) bond motifs is 1. The number of carbonyl (C=O) groups excluding carboxylic acids is 1. The predicted octanol–water partition coefficient (Wildman–Crippen LogP) is 3.23. The summed E-state index contributed by atoms with van der Waals surface area (Å²) >= 11 is 1.59. The molecule has 28 heavy (non-hydrogen) atoms. The summed E-state index contributed by atoms with van der Waals surface area (Å²) in [6, 6.07) is 11.8. The second-order valence-electron chi connectivity index (χ2n) is 6.53. The van der Waals surface area contributed by atoms with Gasteiger partial charge in [-0.05, 0) is 55.3 Å². The molecule has 0 saturated carbocycles. The number of thiazole rings is 1. The van der Waals surface area contributed by atoms with Crippen molar-refractivity contribution in [1.29, 1.82) is 0 Å². The van der Waals surface area contributed by atoms with Gasteiger partial charge in [0, 0.05) is 30.1 Å². The van der Waals surface area contributed by atoms with E-state index in [1.807, 2.05) is 30.5 Å². The van der Waals surface area contributed by atoms with E-state index in [-0.39, 0.29) is 10.8 Å². The number of hydrogen-bond donors (Lipinski definition) is 1. The Morgan fingerprint density at radius 3 is 2.57 bits per heavy atom. The molecule has 8 heteroatoms. The summed E-state index contributed by atoms with van der Waals surface area (Å²) < 4.78 is 27.7. The summed E-state index contributed by atoms with van der Waals surface area (Å²) in [4.78, 5) is 16.3. The average molecular weight is 414 g/mol. The lowest BCUT2D eigenvalue weighted by Crippen LogP contribution is -2.29. The van der Waals surface area contributed by atoms with Crippen LogP contribution in [0.4, 0.5) is 5.69 Å². The molecule has 0 fully saturated rings. The van der Waals surface area contributed by atoms with Crippen molar-refractivity contribution in [2.45, 2.75) is 18.2 Å². The van der Waals surface area contributed by atoms with Crippen molar-refractivity contribution in [3.05, 3.63) is 64.0 Å². The Kier molecular flexibility index (Phi) is 4.68. The van der Waals surface area contributed by atoms with Gasteiger partial charge in [0.1, 0.15) is 0 Å². The van der Waals surface area contributed by atoms with E-state index in [4.69, 9.17) is 0 Å². The fraction of sp³-hybridized carbons (Fsp3) is 0.200. The highest BCUT2D eigenvalue weighted by molar-refractivity contribution is 7.92. The molecule has 144 valence electrons. The van der Waals surface area contributed by atoms with Crippen LogP contribution in [0, 0.1) is 6.92 Å². The van der Waals surface area contributed by atoms with Crippen molar-refractivity contribution < 1.29 is 13.2 Å². The summed E-state index contributed by atoms with van der Waals surface area (Å²) in [6.45, 7) is 2.36. The van der Waals surface area contributed by atoms with Gasteiger partial charge in [0.15, 0.2) is 0 Å². The van der Waals surface area contributed by atoms with Crippen LogP contribution in [0.3, 0.4) is 0 Å². The Morgan fingerprint density at radius 1 is 1.18 bits per heavy atom. The summed E-state index contributed by atoms with van der Waals surface area (Å²) in [6.07, 6.45) is 0.655. The second-order valence-corrected chi connectivity index (χ2v) is 9.45. The lowest BCUT2D eigenvalue weighted by atomic mass is 10.1. The predicted molar refractivity (Wildman–Crippen MR) is 110 cm³/mol. The highest BCUT2D eigenvalue weighted by atomic mass is 32.2. The number of sulfonamides is 1. The van der Waals surface area contributed by atoms with Crippen LogP contribution in [0.1, 0.15) is 20.9 Å². The van der Waals surface area contributed by atoms with E-state index >= 15 is 0 Å². The minimum absolute atomic E-state index is 0.173. The van der Waals surface area contributed by atoms with Crippen LogP contribution < -0.4 is 9.62 Å². The number of hydrogen-bond acceptors (Lipinski definition) is 5. The third-order valence-electron chi connectivity index (χ3n) is 4.78. The molecular weight excluding hydrogens is 394 g/mol. The normalized spacial score (nSPS) is 13.4. The maximum absolute atomic E-state index is 13.1. The largest absolute Gasteiger partial charge is 0.355 e. The Hall–Kier alpha value is -2.71. The maximum Gasteiger partial charge on any atom is 0.264 e. The first-order valence-electron chi connectivity index (χ1n) is 8.80. The molecule has 1 aliphatic rings. The molecule has 6 nitrogen and oxygen atoms in total. The standard InChI is InChI=1S/C20H19N3O3S2/c1-13-22-18(12-27-13)15-5-8-19-16(11-15)9-10-23(19)28(25,26)17-6-3-14(4-7-17)20(24)21-2/h3-8,11-12H,9-10H2,1-2H3,(H,21,24). The van der Waals surface area contributed by atoms with E-state index in [2.05, 4.69) is 10.3 Å². The molecule has 0 bridgehead atoms. The molecule has 3 aromatic rings. The molecule has 4 rings (SSSR count). The van der Waals surface area contributed by atoms with Gasteiger partial charge in [-0.3, -0.25) is 9.10 Å². The number of aromatic nitrogens is 1. The minimum atomic E-state index is -3.69. The van der Waals surface area contributed by atoms with Crippen molar-refractivity contribution in [3.8, 4) is 11.3 Å². The maximum atomic E-state index is 13.1. The topological polar surface area (TPSA) is 79.4 Å².